The molecule has 2 saturated heterocycles. The van der Waals surface area contributed by atoms with Gasteiger partial charge in [-0.05, 0) is 96.3 Å². The molecule has 0 bridgehead atoms. The van der Waals surface area contributed by atoms with E-state index in [2.05, 4.69) is 111 Å². The second kappa shape index (κ2) is 41.0. The lowest BCUT2D eigenvalue weighted by Crippen LogP contribution is -2.61. The highest BCUT2D eigenvalue weighted by Gasteiger charge is 2.47. The van der Waals surface area contributed by atoms with Crippen LogP contribution in [0.4, 0.5) is 0 Å². The van der Waals surface area contributed by atoms with E-state index in [0.717, 1.165) is 83.5 Å². The van der Waals surface area contributed by atoms with E-state index >= 15 is 0 Å². The zero-order valence-electron chi connectivity index (χ0n) is 42.0. The van der Waals surface area contributed by atoms with Crippen LogP contribution in [0.25, 0.3) is 0 Å². The monoisotopic (exact) mass is 989 g/mol. The lowest BCUT2D eigenvalue weighted by atomic mass is 9.98. The Labute approximate surface area is 417 Å². The second-order valence-electron chi connectivity index (χ2n) is 17.6. The molecule has 398 valence electrons. The van der Waals surface area contributed by atoms with E-state index in [1.54, 1.807) is 0 Å². The zero-order valence-corrected chi connectivity index (χ0v) is 42.0. The van der Waals surface area contributed by atoms with E-state index in [1.807, 2.05) is 0 Å². The van der Waals surface area contributed by atoms with E-state index < -0.39 is 99.3 Å². The molecule has 0 aromatic carbocycles. The van der Waals surface area contributed by atoms with Gasteiger partial charge in [0.25, 0.3) is 0 Å². The van der Waals surface area contributed by atoms with Gasteiger partial charge in [0, 0.05) is 12.8 Å². The highest BCUT2D eigenvalue weighted by atomic mass is 16.7. The van der Waals surface area contributed by atoms with Crippen molar-refractivity contribution in [1.82, 2.24) is 0 Å². The Balaban J connectivity index is 1.85. The van der Waals surface area contributed by atoms with Crippen molar-refractivity contribution in [3.05, 3.63) is 97.2 Å². The molecule has 70 heavy (non-hydrogen) atoms. The fourth-order valence-electron chi connectivity index (χ4n) is 7.31. The van der Waals surface area contributed by atoms with E-state index in [4.69, 9.17) is 28.4 Å². The number of hydrogen-bond acceptors (Lipinski definition) is 15. The molecule has 2 heterocycles. The van der Waals surface area contributed by atoms with Crippen LogP contribution in [0.3, 0.4) is 0 Å². The SMILES string of the molecule is CC/C=C/C/C=C/C/C=C/C/C=C/CCCCC(=O)OC[C@H](CO[C@H]1O[C@@H](CO[C@H]2O[C@@H](CO)[C@@H](O)C(O)C2O)[C@@H](O)C(O)C1O)OC(=O)CCCCC/C=C/C/C=C/C/C=C/C/C=C/CCCCC. The summed E-state index contributed by atoms with van der Waals surface area (Å²) in [5, 5.41) is 72.1. The van der Waals surface area contributed by atoms with Gasteiger partial charge in [-0.2, -0.15) is 0 Å². The number of unbranched alkanes of at least 4 members (excludes halogenated alkanes) is 8. The summed E-state index contributed by atoms with van der Waals surface area (Å²) in [5.74, 6) is -1.02. The molecule has 0 radical (unpaired) electrons. The molecule has 4 unspecified atom stereocenters. The molecular weight excluding hydrogens is 901 g/mol. The summed E-state index contributed by atoms with van der Waals surface area (Å²) in [5.41, 5.74) is 0. The van der Waals surface area contributed by atoms with Gasteiger partial charge in [-0.1, -0.05) is 130 Å². The maximum Gasteiger partial charge on any atom is 0.306 e. The molecule has 0 aliphatic carbocycles. The van der Waals surface area contributed by atoms with Crippen molar-refractivity contribution in [3.63, 3.8) is 0 Å². The van der Waals surface area contributed by atoms with Crippen molar-refractivity contribution in [1.29, 1.82) is 0 Å². The summed E-state index contributed by atoms with van der Waals surface area (Å²) in [4.78, 5) is 25.8. The Morgan fingerprint density at radius 2 is 0.900 bits per heavy atom. The number of carbonyl (C=O) groups is 2. The molecule has 0 saturated carbocycles. The van der Waals surface area contributed by atoms with Crippen LogP contribution in [0.5, 0.6) is 0 Å². The molecule has 2 aliphatic rings. The fraction of sp³-hybridized carbons (Fsp3) is 0.673. The van der Waals surface area contributed by atoms with Crippen molar-refractivity contribution in [2.24, 2.45) is 0 Å². The van der Waals surface area contributed by atoms with E-state index in [0.29, 0.717) is 12.8 Å². The van der Waals surface area contributed by atoms with Crippen LogP contribution in [0.15, 0.2) is 97.2 Å². The van der Waals surface area contributed by atoms with E-state index in [1.165, 1.54) is 19.3 Å². The molecular formula is C55H88O15. The predicted octanol–water partition coefficient (Wildman–Crippen LogP) is 7.37. The number of carbonyl (C=O) groups excluding carboxylic acids is 2. The quantitative estimate of drug-likeness (QED) is 0.0182. The lowest BCUT2D eigenvalue weighted by Gasteiger charge is -2.42. The number of rotatable bonds is 38. The van der Waals surface area contributed by atoms with Crippen molar-refractivity contribution >= 4 is 11.9 Å². The third kappa shape index (κ3) is 28.5. The van der Waals surface area contributed by atoms with Gasteiger partial charge in [0.05, 0.1) is 19.8 Å². The normalized spacial score (nSPS) is 26.2. The Morgan fingerprint density at radius 1 is 0.471 bits per heavy atom. The minimum atomic E-state index is -1.78. The summed E-state index contributed by atoms with van der Waals surface area (Å²) in [6.07, 6.45) is 34.3. The number of aliphatic hydroxyl groups excluding tert-OH is 7. The van der Waals surface area contributed by atoms with Crippen molar-refractivity contribution in [3.8, 4) is 0 Å². The standard InChI is InChI=1S/C55H88O15/c1-3-5-7-9-11-13-15-17-19-20-21-22-24-26-28-30-32-34-36-38-47(58)68-43(40-65-46(57)37-35-33-31-29-27-25-23-18-16-14-12-10-8-6-4-2)41-66-54-53(64)51(62)49(60)45(70-54)42-67-55-52(63)50(61)48(59)44(39-56)69-55/h6,8,11-14,17-19,21-23,26-29,43-45,48-56,59-64H,3-5,7,9-10,15-16,20,24-25,30-42H2,1-2H3/b8-6+,13-11+,14-12+,19-17+,22-21+,23-18+,28-26+,29-27+/t43-,44+,45+,48-,49-,50?,51?,52?,53?,54+,55+/m1/s1. The van der Waals surface area contributed by atoms with Crippen LogP contribution >= 0.6 is 0 Å². The smallest absolute Gasteiger partial charge is 0.306 e. The first-order chi connectivity index (χ1) is 34.0. The minimum Gasteiger partial charge on any atom is -0.462 e. The van der Waals surface area contributed by atoms with Crippen LogP contribution in [0, 0.1) is 0 Å². The number of ether oxygens (including phenoxy) is 6. The minimum absolute atomic E-state index is 0.112. The maximum atomic E-state index is 13.0. The maximum absolute atomic E-state index is 13.0. The highest BCUT2D eigenvalue weighted by Crippen LogP contribution is 2.26. The topological polar surface area (TPSA) is 231 Å². The average Bonchev–Trinajstić information content (AvgIpc) is 3.35. The number of hydrogen-bond donors (Lipinski definition) is 7. The van der Waals surface area contributed by atoms with Crippen molar-refractivity contribution < 1.29 is 73.8 Å². The fourth-order valence-corrected chi connectivity index (χ4v) is 7.31. The summed E-state index contributed by atoms with van der Waals surface area (Å²) in [6.45, 7) is 2.34. The van der Waals surface area contributed by atoms with Crippen LogP contribution in [0.2, 0.25) is 0 Å². The molecule has 0 aromatic heterocycles. The molecule has 2 fully saturated rings. The molecule has 7 N–H and O–H groups in total. The number of aliphatic hydroxyl groups is 7. The average molecular weight is 989 g/mol. The third-order valence-corrected chi connectivity index (χ3v) is 11.5. The number of esters is 2. The summed E-state index contributed by atoms with van der Waals surface area (Å²) in [7, 11) is 0. The molecule has 2 aliphatic heterocycles. The zero-order chi connectivity index (χ0) is 51.0. The lowest BCUT2D eigenvalue weighted by molar-refractivity contribution is -0.332. The van der Waals surface area contributed by atoms with Gasteiger partial charge in [-0.15, -0.1) is 0 Å². The molecule has 0 amide bonds. The summed E-state index contributed by atoms with van der Waals surface area (Å²) in [6, 6.07) is 0. The van der Waals surface area contributed by atoms with Gasteiger partial charge in [0.2, 0.25) is 0 Å². The van der Waals surface area contributed by atoms with Crippen molar-refractivity contribution in [2.45, 2.75) is 210 Å². The van der Waals surface area contributed by atoms with Gasteiger partial charge >= 0.3 is 11.9 Å². The summed E-state index contributed by atoms with van der Waals surface area (Å²) < 4.78 is 33.5. The van der Waals surface area contributed by atoms with Crippen LogP contribution in [0.1, 0.15) is 142 Å². The van der Waals surface area contributed by atoms with Gasteiger partial charge in [-0.3, -0.25) is 9.59 Å². The Morgan fingerprint density at radius 3 is 1.41 bits per heavy atom. The Bertz CT molecular complexity index is 1580. The third-order valence-electron chi connectivity index (χ3n) is 11.5. The van der Waals surface area contributed by atoms with Crippen LogP contribution < -0.4 is 0 Å². The first-order valence-corrected chi connectivity index (χ1v) is 25.8. The first-order valence-electron chi connectivity index (χ1n) is 25.8. The molecule has 15 nitrogen and oxygen atoms in total. The molecule has 0 spiro atoms. The number of allylic oxidation sites excluding steroid dienone is 16. The molecule has 0 aromatic rings. The first kappa shape index (κ1) is 62.5. The highest BCUT2D eigenvalue weighted by molar-refractivity contribution is 5.70. The van der Waals surface area contributed by atoms with E-state index in [-0.39, 0.29) is 19.4 Å². The molecule has 11 atom stereocenters. The van der Waals surface area contributed by atoms with Gasteiger partial charge < -0.3 is 64.2 Å². The van der Waals surface area contributed by atoms with Crippen molar-refractivity contribution in [2.75, 3.05) is 26.4 Å². The second-order valence-corrected chi connectivity index (χ2v) is 17.6. The van der Waals surface area contributed by atoms with E-state index in [9.17, 15) is 45.3 Å². The van der Waals surface area contributed by atoms with Crippen LogP contribution in [-0.2, 0) is 38.0 Å². The van der Waals surface area contributed by atoms with Gasteiger partial charge in [-0.25, -0.2) is 0 Å². The Kier molecular flexibility index (Phi) is 36.6. The predicted molar refractivity (Wildman–Crippen MR) is 270 cm³/mol. The largest absolute Gasteiger partial charge is 0.462 e. The molecule has 2 rings (SSSR count). The van der Waals surface area contributed by atoms with Gasteiger partial charge in [0.1, 0.15) is 55.4 Å². The summed E-state index contributed by atoms with van der Waals surface area (Å²) >= 11 is 0. The Hall–Kier alpha value is -3.58. The van der Waals surface area contributed by atoms with Crippen LogP contribution in [-0.4, -0.2) is 142 Å². The van der Waals surface area contributed by atoms with Gasteiger partial charge in [0.15, 0.2) is 18.7 Å². The molecule has 15 heteroatoms.